The number of benzene rings is 1. The predicted molar refractivity (Wildman–Crippen MR) is 127 cm³/mol. The Balaban J connectivity index is 1.27. The lowest BCUT2D eigenvalue weighted by molar-refractivity contribution is -0.118. The van der Waals surface area contributed by atoms with Gasteiger partial charge >= 0.3 is 0 Å². The fourth-order valence-electron chi connectivity index (χ4n) is 3.70. The van der Waals surface area contributed by atoms with E-state index in [0.29, 0.717) is 11.7 Å². The fraction of sp³-hybridized carbons (Fsp3) is 0.391. The van der Waals surface area contributed by atoms with Gasteiger partial charge in [0.2, 0.25) is 5.91 Å². The van der Waals surface area contributed by atoms with Gasteiger partial charge in [0.05, 0.1) is 25.1 Å². The van der Waals surface area contributed by atoms with Crippen LogP contribution in [0.15, 0.2) is 54.1 Å². The molecule has 10 heteroatoms. The van der Waals surface area contributed by atoms with E-state index in [4.69, 9.17) is 9.47 Å². The number of ether oxygens (including phenoxy) is 2. The Bertz CT molecular complexity index is 1050. The molecule has 2 aromatic heterocycles. The zero-order valence-electron chi connectivity index (χ0n) is 19.0. The van der Waals surface area contributed by atoms with Crippen LogP contribution in [0.2, 0.25) is 0 Å². The summed E-state index contributed by atoms with van der Waals surface area (Å²) >= 11 is 1.34. The summed E-state index contributed by atoms with van der Waals surface area (Å²) in [5.41, 5.74) is 1.85. The molecule has 0 spiro atoms. The highest BCUT2D eigenvalue weighted by Gasteiger charge is 2.23. The third-order valence-corrected chi connectivity index (χ3v) is 6.18. The lowest BCUT2D eigenvalue weighted by atomic mass is 10.2. The molecule has 1 aliphatic heterocycles. The summed E-state index contributed by atoms with van der Waals surface area (Å²) in [6, 6.07) is 11.6. The summed E-state index contributed by atoms with van der Waals surface area (Å²) in [6.07, 6.45) is 3.81. The molecule has 2 unspecified atom stereocenters. The van der Waals surface area contributed by atoms with Gasteiger partial charge in [-0.1, -0.05) is 17.8 Å². The van der Waals surface area contributed by atoms with E-state index in [-0.39, 0.29) is 23.9 Å². The fourth-order valence-corrected chi connectivity index (χ4v) is 4.46. The Morgan fingerprint density at radius 1 is 1.18 bits per heavy atom. The molecule has 174 valence electrons. The number of nitrogens with zero attached hydrogens (tertiary/aromatic N) is 5. The van der Waals surface area contributed by atoms with Crippen molar-refractivity contribution < 1.29 is 14.3 Å². The molecule has 1 aromatic carbocycles. The summed E-state index contributed by atoms with van der Waals surface area (Å²) < 4.78 is 12.8. The number of anilines is 1. The van der Waals surface area contributed by atoms with Crippen molar-refractivity contribution >= 4 is 23.5 Å². The monoisotopic (exact) mass is 468 g/mol. The van der Waals surface area contributed by atoms with Crippen molar-refractivity contribution in [3.63, 3.8) is 0 Å². The van der Waals surface area contributed by atoms with Crippen LogP contribution >= 0.6 is 11.8 Å². The van der Waals surface area contributed by atoms with E-state index in [2.05, 4.69) is 39.2 Å². The minimum atomic E-state index is -0.0795. The number of morpholine rings is 1. The molecule has 0 saturated carbocycles. The maximum atomic E-state index is 12.4. The van der Waals surface area contributed by atoms with Gasteiger partial charge in [-0.25, -0.2) is 4.98 Å². The predicted octanol–water partition coefficient (Wildman–Crippen LogP) is 2.69. The van der Waals surface area contributed by atoms with Gasteiger partial charge in [0.1, 0.15) is 17.9 Å². The molecular formula is C23H28N6O3S. The topological polar surface area (TPSA) is 94.4 Å². The van der Waals surface area contributed by atoms with E-state index in [1.165, 1.54) is 11.8 Å². The zero-order valence-corrected chi connectivity index (χ0v) is 19.8. The molecule has 3 heterocycles. The number of carbonyl (C=O) groups excluding carboxylic acids is 1. The number of pyridine rings is 1. The average molecular weight is 469 g/mol. The summed E-state index contributed by atoms with van der Waals surface area (Å²) in [6.45, 7) is 6.22. The molecule has 1 N–H and O–H groups in total. The number of thioether (sulfide) groups is 1. The van der Waals surface area contributed by atoms with E-state index in [1.807, 2.05) is 47.2 Å². The summed E-state index contributed by atoms with van der Waals surface area (Å²) in [5, 5.41) is 11.7. The molecule has 0 bridgehead atoms. The maximum Gasteiger partial charge on any atom is 0.230 e. The molecule has 1 saturated heterocycles. The Morgan fingerprint density at radius 2 is 1.94 bits per heavy atom. The van der Waals surface area contributed by atoms with Crippen molar-refractivity contribution in [2.75, 3.05) is 30.9 Å². The van der Waals surface area contributed by atoms with Crippen molar-refractivity contribution in [1.29, 1.82) is 0 Å². The van der Waals surface area contributed by atoms with Gasteiger partial charge in [-0.05, 0) is 49.7 Å². The summed E-state index contributed by atoms with van der Waals surface area (Å²) in [4.78, 5) is 19.2. The SMILES string of the molecule is COc1ccc(-n2cnnc2SCC(=O)NCc2ccc(N3CC(C)OC(C)C3)nc2)cc1. The highest BCUT2D eigenvalue weighted by Crippen LogP contribution is 2.22. The number of carbonyl (C=O) groups is 1. The summed E-state index contributed by atoms with van der Waals surface area (Å²) in [5.74, 6) is 1.87. The second kappa shape index (κ2) is 10.7. The number of amides is 1. The quantitative estimate of drug-likeness (QED) is 0.505. The number of rotatable bonds is 8. The number of aromatic nitrogens is 4. The van der Waals surface area contributed by atoms with Crippen LogP contribution in [0.1, 0.15) is 19.4 Å². The lowest BCUT2D eigenvalue weighted by Crippen LogP contribution is -2.45. The largest absolute Gasteiger partial charge is 0.497 e. The molecule has 33 heavy (non-hydrogen) atoms. The van der Waals surface area contributed by atoms with Gasteiger partial charge in [0, 0.05) is 31.5 Å². The lowest BCUT2D eigenvalue weighted by Gasteiger charge is -2.36. The van der Waals surface area contributed by atoms with Gasteiger partial charge in [-0.3, -0.25) is 9.36 Å². The Morgan fingerprint density at radius 3 is 2.61 bits per heavy atom. The number of hydrogen-bond acceptors (Lipinski definition) is 8. The zero-order chi connectivity index (χ0) is 23.2. The smallest absolute Gasteiger partial charge is 0.230 e. The van der Waals surface area contributed by atoms with Crippen LogP contribution in [0, 0.1) is 0 Å². The highest BCUT2D eigenvalue weighted by atomic mass is 32.2. The van der Waals surface area contributed by atoms with Gasteiger partial charge in [0.15, 0.2) is 5.16 Å². The number of hydrogen-bond donors (Lipinski definition) is 1. The molecule has 0 radical (unpaired) electrons. The van der Waals surface area contributed by atoms with Crippen LogP contribution in [0.4, 0.5) is 5.82 Å². The third-order valence-electron chi connectivity index (χ3n) is 5.24. The molecule has 1 amide bonds. The highest BCUT2D eigenvalue weighted by molar-refractivity contribution is 7.99. The standard InChI is InChI=1S/C23H28N6O3S/c1-16-12-28(13-17(2)32-16)21-9-4-18(10-24-21)11-25-22(30)14-33-23-27-26-15-29(23)19-5-7-20(31-3)8-6-19/h4-10,15-17H,11-14H2,1-3H3,(H,25,30). The molecule has 0 aliphatic carbocycles. The first-order valence-corrected chi connectivity index (χ1v) is 11.8. The molecule has 1 fully saturated rings. The van der Waals surface area contributed by atoms with Crippen LogP contribution in [0.3, 0.4) is 0 Å². The van der Waals surface area contributed by atoms with Crippen molar-refractivity contribution in [3.05, 3.63) is 54.5 Å². The first-order valence-electron chi connectivity index (χ1n) is 10.8. The van der Waals surface area contributed by atoms with Gasteiger partial charge in [-0.2, -0.15) is 0 Å². The Kier molecular flexibility index (Phi) is 7.46. The maximum absolute atomic E-state index is 12.4. The van der Waals surface area contributed by atoms with Gasteiger partial charge in [-0.15, -0.1) is 10.2 Å². The number of nitrogens with one attached hydrogen (secondary N) is 1. The van der Waals surface area contributed by atoms with E-state index in [9.17, 15) is 4.79 Å². The average Bonchev–Trinajstić information content (AvgIpc) is 3.30. The minimum absolute atomic E-state index is 0.0795. The molecule has 3 aromatic rings. The van der Waals surface area contributed by atoms with E-state index in [1.54, 1.807) is 13.4 Å². The van der Waals surface area contributed by atoms with E-state index in [0.717, 1.165) is 35.9 Å². The van der Waals surface area contributed by atoms with Gasteiger partial charge in [0.25, 0.3) is 0 Å². The van der Waals surface area contributed by atoms with Crippen molar-refractivity contribution in [2.45, 2.75) is 37.8 Å². The number of methoxy groups -OCH3 is 1. The van der Waals surface area contributed by atoms with Crippen LogP contribution in [0.25, 0.3) is 5.69 Å². The molecular weight excluding hydrogens is 440 g/mol. The second-order valence-electron chi connectivity index (χ2n) is 7.93. The van der Waals surface area contributed by atoms with Crippen LogP contribution in [-0.4, -0.2) is 63.8 Å². The van der Waals surface area contributed by atoms with Crippen LogP contribution in [0.5, 0.6) is 5.75 Å². The summed E-state index contributed by atoms with van der Waals surface area (Å²) in [7, 11) is 1.63. The normalized spacial score (nSPS) is 18.2. The molecule has 9 nitrogen and oxygen atoms in total. The van der Waals surface area contributed by atoms with E-state index >= 15 is 0 Å². The first-order chi connectivity index (χ1) is 16.0. The van der Waals surface area contributed by atoms with E-state index < -0.39 is 0 Å². The third kappa shape index (κ3) is 6.02. The Labute approximate surface area is 197 Å². The Hall–Kier alpha value is -3.11. The first kappa shape index (κ1) is 23.1. The van der Waals surface area contributed by atoms with Crippen molar-refractivity contribution in [2.24, 2.45) is 0 Å². The van der Waals surface area contributed by atoms with Crippen molar-refractivity contribution in [3.8, 4) is 11.4 Å². The van der Waals surface area contributed by atoms with Crippen LogP contribution in [-0.2, 0) is 16.1 Å². The molecule has 4 rings (SSSR count). The van der Waals surface area contributed by atoms with Crippen molar-refractivity contribution in [1.82, 2.24) is 25.1 Å². The minimum Gasteiger partial charge on any atom is -0.497 e. The second-order valence-corrected chi connectivity index (χ2v) is 8.88. The molecule has 1 aliphatic rings. The van der Waals surface area contributed by atoms with Crippen LogP contribution < -0.4 is 15.0 Å². The molecule has 2 atom stereocenters. The van der Waals surface area contributed by atoms with Gasteiger partial charge < -0.3 is 19.7 Å².